The lowest BCUT2D eigenvalue weighted by Gasteiger charge is -2.34. The first-order chi connectivity index (χ1) is 12.3. The molecular formula is C18H18Cl2N2O3S. The van der Waals surface area contributed by atoms with Gasteiger partial charge >= 0.3 is 0 Å². The third-order valence-electron chi connectivity index (χ3n) is 4.97. The van der Waals surface area contributed by atoms with Crippen LogP contribution in [0.15, 0.2) is 41.3 Å². The van der Waals surface area contributed by atoms with Crippen molar-refractivity contribution >= 4 is 44.6 Å². The molecule has 4 rings (SSSR count). The molecule has 2 aromatic rings. The highest BCUT2D eigenvalue weighted by molar-refractivity contribution is 7.92. The summed E-state index contributed by atoms with van der Waals surface area (Å²) in [5.41, 5.74) is 2.18. The van der Waals surface area contributed by atoms with E-state index in [9.17, 15) is 8.42 Å². The van der Waals surface area contributed by atoms with Gasteiger partial charge in [-0.05, 0) is 49.7 Å². The smallest absolute Gasteiger partial charge is 0.261 e. The van der Waals surface area contributed by atoms with E-state index >= 15 is 0 Å². The number of halogens is 2. The molecule has 2 aliphatic rings. The summed E-state index contributed by atoms with van der Waals surface area (Å²) in [7, 11) is -3.75. The molecule has 1 saturated heterocycles. The quantitative estimate of drug-likeness (QED) is 0.767. The Labute approximate surface area is 162 Å². The second-order valence-electron chi connectivity index (χ2n) is 6.66. The minimum atomic E-state index is -3.75. The van der Waals surface area contributed by atoms with Gasteiger partial charge in [0.15, 0.2) is 0 Å². The van der Waals surface area contributed by atoms with Crippen LogP contribution in [0.2, 0.25) is 10.0 Å². The Kier molecular flexibility index (Phi) is 4.55. The molecule has 0 radical (unpaired) electrons. The maximum absolute atomic E-state index is 12.8. The van der Waals surface area contributed by atoms with Crippen molar-refractivity contribution in [1.29, 1.82) is 0 Å². The molecule has 2 heterocycles. The fourth-order valence-corrected chi connectivity index (χ4v) is 5.02. The first kappa shape index (κ1) is 17.9. The molecule has 0 amide bonds. The van der Waals surface area contributed by atoms with Gasteiger partial charge in [0, 0.05) is 29.8 Å². The van der Waals surface area contributed by atoms with Crippen molar-refractivity contribution in [3.8, 4) is 0 Å². The normalized spacial score (nSPS) is 24.5. The minimum Gasteiger partial charge on any atom is -0.382 e. The predicted octanol–water partition coefficient (Wildman–Crippen LogP) is 4.69. The van der Waals surface area contributed by atoms with Gasteiger partial charge in [0.25, 0.3) is 10.0 Å². The molecule has 1 fully saturated rings. The zero-order chi connectivity index (χ0) is 18.5. The van der Waals surface area contributed by atoms with E-state index in [2.05, 4.69) is 17.0 Å². The summed E-state index contributed by atoms with van der Waals surface area (Å²) in [6, 6.07) is 9.99. The van der Waals surface area contributed by atoms with Gasteiger partial charge in [0.1, 0.15) is 0 Å². The second kappa shape index (κ2) is 6.60. The zero-order valence-corrected chi connectivity index (χ0v) is 16.3. The van der Waals surface area contributed by atoms with Gasteiger partial charge in [-0.25, -0.2) is 8.42 Å². The Morgan fingerprint density at radius 2 is 1.96 bits per heavy atom. The van der Waals surface area contributed by atoms with Crippen molar-refractivity contribution in [2.45, 2.75) is 30.4 Å². The third-order valence-corrected chi connectivity index (χ3v) is 7.09. The fraction of sp³-hybridized carbons (Fsp3) is 0.333. The van der Waals surface area contributed by atoms with Crippen LogP contribution in [-0.4, -0.2) is 21.1 Å². The van der Waals surface area contributed by atoms with Gasteiger partial charge < -0.3 is 10.1 Å². The molecule has 3 atom stereocenters. The standard InChI is InChI=1S/C18H18Cl2N2O3S/c1-10-13-6-7-25-18(13)14-9-12(3-5-17(14)21-10)26(23,24)22-11-2-4-15(19)16(20)8-11/h2-5,8-10,13,18,21-22H,6-7H2,1H3/t10-,13?,18?/m0/s1. The zero-order valence-electron chi connectivity index (χ0n) is 14.0. The molecule has 8 heteroatoms. The minimum absolute atomic E-state index is 0.0682. The summed E-state index contributed by atoms with van der Waals surface area (Å²) in [6.45, 7) is 2.82. The van der Waals surface area contributed by atoms with E-state index in [1.807, 2.05) is 0 Å². The summed E-state index contributed by atoms with van der Waals surface area (Å²) in [5, 5.41) is 4.10. The van der Waals surface area contributed by atoms with Gasteiger partial charge in [-0.2, -0.15) is 0 Å². The number of benzene rings is 2. The van der Waals surface area contributed by atoms with E-state index in [0.29, 0.717) is 29.3 Å². The number of sulfonamides is 1. The first-order valence-corrected chi connectivity index (χ1v) is 10.6. The Morgan fingerprint density at radius 1 is 1.15 bits per heavy atom. The van der Waals surface area contributed by atoms with Crippen molar-refractivity contribution in [3.05, 3.63) is 52.0 Å². The van der Waals surface area contributed by atoms with E-state index in [1.165, 1.54) is 6.07 Å². The summed E-state index contributed by atoms with van der Waals surface area (Å²) in [6.07, 6.45) is 0.901. The second-order valence-corrected chi connectivity index (χ2v) is 9.16. The van der Waals surface area contributed by atoms with Crippen molar-refractivity contribution < 1.29 is 13.2 Å². The van der Waals surface area contributed by atoms with Crippen LogP contribution in [0, 0.1) is 5.92 Å². The number of hydrogen-bond donors (Lipinski definition) is 2. The molecule has 2 aliphatic heterocycles. The number of rotatable bonds is 3. The third kappa shape index (κ3) is 3.16. The predicted molar refractivity (Wildman–Crippen MR) is 104 cm³/mol. The maximum Gasteiger partial charge on any atom is 0.261 e. The molecule has 0 spiro atoms. The van der Waals surface area contributed by atoms with Crippen LogP contribution in [0.1, 0.15) is 25.0 Å². The van der Waals surface area contributed by atoms with Crippen molar-refractivity contribution in [1.82, 2.24) is 0 Å². The topological polar surface area (TPSA) is 67.4 Å². The number of hydrogen-bond acceptors (Lipinski definition) is 4. The molecule has 2 unspecified atom stereocenters. The van der Waals surface area contributed by atoms with Gasteiger partial charge in [-0.15, -0.1) is 0 Å². The van der Waals surface area contributed by atoms with E-state index in [1.54, 1.807) is 30.3 Å². The molecule has 0 saturated carbocycles. The Hall–Kier alpha value is -1.47. The van der Waals surface area contributed by atoms with Gasteiger partial charge in [-0.3, -0.25) is 4.72 Å². The average Bonchev–Trinajstić information content (AvgIpc) is 3.08. The first-order valence-electron chi connectivity index (χ1n) is 8.35. The van der Waals surface area contributed by atoms with Crippen LogP contribution in [0.25, 0.3) is 0 Å². The van der Waals surface area contributed by atoms with Crippen LogP contribution < -0.4 is 10.0 Å². The van der Waals surface area contributed by atoms with E-state index in [4.69, 9.17) is 27.9 Å². The summed E-state index contributed by atoms with van der Waals surface area (Å²) in [5.74, 6) is 0.350. The largest absolute Gasteiger partial charge is 0.382 e. The SMILES string of the molecule is C[C@@H]1Nc2ccc(S(=O)(=O)Nc3ccc(Cl)c(Cl)c3)cc2C2OCCC21. The lowest BCUT2D eigenvalue weighted by Crippen LogP contribution is -2.33. The Balaban J connectivity index is 1.67. The fourth-order valence-electron chi connectivity index (χ4n) is 3.64. The van der Waals surface area contributed by atoms with Crippen LogP contribution in [0.4, 0.5) is 11.4 Å². The van der Waals surface area contributed by atoms with E-state index in [-0.39, 0.29) is 16.0 Å². The number of fused-ring (bicyclic) bond motifs is 3. The lowest BCUT2D eigenvalue weighted by molar-refractivity contribution is 0.0843. The van der Waals surface area contributed by atoms with Crippen LogP contribution in [0.5, 0.6) is 0 Å². The van der Waals surface area contributed by atoms with E-state index in [0.717, 1.165) is 17.7 Å². The molecule has 5 nitrogen and oxygen atoms in total. The lowest BCUT2D eigenvalue weighted by atomic mass is 9.85. The van der Waals surface area contributed by atoms with Gasteiger partial charge in [-0.1, -0.05) is 23.2 Å². The molecule has 2 aromatic carbocycles. The molecule has 2 N–H and O–H groups in total. The average molecular weight is 413 g/mol. The summed E-state index contributed by atoms with van der Waals surface area (Å²) in [4.78, 5) is 0.188. The summed E-state index contributed by atoms with van der Waals surface area (Å²) >= 11 is 11.8. The highest BCUT2D eigenvalue weighted by Gasteiger charge is 2.39. The highest BCUT2D eigenvalue weighted by Crippen LogP contribution is 2.45. The molecular weight excluding hydrogens is 395 g/mol. The number of nitrogens with one attached hydrogen (secondary N) is 2. The van der Waals surface area contributed by atoms with Crippen LogP contribution in [-0.2, 0) is 14.8 Å². The number of anilines is 2. The Morgan fingerprint density at radius 3 is 2.73 bits per heavy atom. The highest BCUT2D eigenvalue weighted by atomic mass is 35.5. The molecule has 26 heavy (non-hydrogen) atoms. The van der Waals surface area contributed by atoms with Crippen LogP contribution >= 0.6 is 23.2 Å². The van der Waals surface area contributed by atoms with Gasteiger partial charge in [0.05, 0.1) is 26.7 Å². The number of ether oxygens (including phenoxy) is 1. The van der Waals surface area contributed by atoms with E-state index < -0.39 is 10.0 Å². The van der Waals surface area contributed by atoms with Crippen LogP contribution in [0.3, 0.4) is 0 Å². The molecule has 0 aliphatic carbocycles. The molecule has 0 aromatic heterocycles. The van der Waals surface area contributed by atoms with Gasteiger partial charge in [0.2, 0.25) is 0 Å². The maximum atomic E-state index is 12.8. The van der Waals surface area contributed by atoms with Crippen molar-refractivity contribution in [3.63, 3.8) is 0 Å². The Bertz CT molecular complexity index is 965. The monoisotopic (exact) mass is 412 g/mol. The van der Waals surface area contributed by atoms with Crippen molar-refractivity contribution in [2.24, 2.45) is 5.92 Å². The molecule has 138 valence electrons. The van der Waals surface area contributed by atoms with Crippen molar-refractivity contribution in [2.75, 3.05) is 16.6 Å². The molecule has 0 bridgehead atoms. The summed E-state index contributed by atoms with van der Waals surface area (Å²) < 4.78 is 34.0.